The normalized spacial score (nSPS) is 13.6. The zero-order valence-corrected chi connectivity index (χ0v) is 18.0. The molecular formula is C25H27FN2O4. The van der Waals surface area contributed by atoms with Crippen molar-refractivity contribution in [2.45, 2.75) is 44.8 Å². The van der Waals surface area contributed by atoms with Crippen LogP contribution in [0.15, 0.2) is 60.7 Å². The van der Waals surface area contributed by atoms with Gasteiger partial charge in [0.25, 0.3) is 0 Å². The maximum absolute atomic E-state index is 13.6. The lowest BCUT2D eigenvalue weighted by Gasteiger charge is -2.13. The highest BCUT2D eigenvalue weighted by molar-refractivity contribution is 5.67. The molecule has 1 heterocycles. The van der Waals surface area contributed by atoms with Crippen molar-refractivity contribution in [3.8, 4) is 17.1 Å². The molecule has 7 heteroatoms. The first-order valence-corrected chi connectivity index (χ1v) is 10.5. The van der Waals surface area contributed by atoms with Crippen molar-refractivity contribution in [1.82, 2.24) is 9.55 Å². The SMILES string of the molecule is CC(C)c1nc(-c2ccccc2)n(-c2ccc(F)cc2)c1/C=C/[C@@H](O)C[C@@H](O)CC(=O)O. The quantitative estimate of drug-likeness (QED) is 0.460. The predicted molar refractivity (Wildman–Crippen MR) is 121 cm³/mol. The number of imidazole rings is 1. The van der Waals surface area contributed by atoms with Crippen molar-refractivity contribution in [2.75, 3.05) is 0 Å². The van der Waals surface area contributed by atoms with E-state index in [1.807, 2.05) is 48.7 Å². The van der Waals surface area contributed by atoms with Gasteiger partial charge in [-0.25, -0.2) is 9.37 Å². The summed E-state index contributed by atoms with van der Waals surface area (Å²) in [4.78, 5) is 15.6. The van der Waals surface area contributed by atoms with Crippen LogP contribution >= 0.6 is 0 Å². The number of aliphatic hydroxyl groups excluding tert-OH is 2. The lowest BCUT2D eigenvalue weighted by atomic mass is 10.1. The summed E-state index contributed by atoms with van der Waals surface area (Å²) in [6.45, 7) is 4.02. The molecule has 0 saturated heterocycles. The Morgan fingerprint density at radius 3 is 2.34 bits per heavy atom. The minimum absolute atomic E-state index is 0.0635. The number of rotatable bonds is 9. The summed E-state index contributed by atoms with van der Waals surface area (Å²) >= 11 is 0. The number of hydrogen-bond donors (Lipinski definition) is 3. The topological polar surface area (TPSA) is 95.6 Å². The minimum atomic E-state index is -1.15. The zero-order chi connectivity index (χ0) is 23.3. The van der Waals surface area contributed by atoms with E-state index in [0.717, 1.165) is 17.0 Å². The van der Waals surface area contributed by atoms with Crippen LogP contribution in [0.5, 0.6) is 0 Å². The first-order valence-electron chi connectivity index (χ1n) is 10.5. The Kier molecular flexibility index (Phi) is 7.56. The van der Waals surface area contributed by atoms with Crippen LogP contribution in [-0.4, -0.2) is 43.0 Å². The molecule has 0 aliphatic heterocycles. The number of carbonyl (C=O) groups is 1. The van der Waals surface area contributed by atoms with Gasteiger partial charge in [0.2, 0.25) is 0 Å². The highest BCUT2D eigenvalue weighted by Crippen LogP contribution is 2.31. The van der Waals surface area contributed by atoms with Crippen molar-refractivity contribution < 1.29 is 24.5 Å². The van der Waals surface area contributed by atoms with Crippen molar-refractivity contribution >= 4 is 12.0 Å². The number of aliphatic carboxylic acids is 1. The van der Waals surface area contributed by atoms with Gasteiger partial charge in [0.1, 0.15) is 11.6 Å². The van der Waals surface area contributed by atoms with Gasteiger partial charge in [-0.2, -0.15) is 0 Å². The Bertz CT molecular complexity index is 1080. The minimum Gasteiger partial charge on any atom is -0.481 e. The molecular weight excluding hydrogens is 411 g/mol. The molecule has 0 spiro atoms. The van der Waals surface area contributed by atoms with Gasteiger partial charge in [0, 0.05) is 17.7 Å². The van der Waals surface area contributed by atoms with Crippen molar-refractivity contribution in [3.05, 3.63) is 77.9 Å². The summed E-state index contributed by atoms with van der Waals surface area (Å²) in [7, 11) is 0. The van der Waals surface area contributed by atoms with Gasteiger partial charge in [-0.05, 0) is 36.3 Å². The molecule has 0 amide bonds. The van der Waals surface area contributed by atoms with E-state index in [9.17, 15) is 19.4 Å². The lowest BCUT2D eigenvalue weighted by Crippen LogP contribution is -2.19. The van der Waals surface area contributed by atoms with Crippen LogP contribution in [0.25, 0.3) is 23.2 Å². The molecule has 3 aromatic rings. The van der Waals surface area contributed by atoms with Crippen LogP contribution in [-0.2, 0) is 4.79 Å². The second-order valence-corrected chi connectivity index (χ2v) is 7.95. The van der Waals surface area contributed by atoms with E-state index in [0.29, 0.717) is 11.5 Å². The number of halogens is 1. The molecule has 3 rings (SSSR count). The predicted octanol–water partition coefficient (Wildman–Crippen LogP) is 4.40. The summed E-state index contributed by atoms with van der Waals surface area (Å²) < 4.78 is 15.5. The Balaban J connectivity index is 2.08. The molecule has 6 nitrogen and oxygen atoms in total. The van der Waals surface area contributed by atoms with Crippen LogP contribution in [0.3, 0.4) is 0 Å². The fourth-order valence-corrected chi connectivity index (χ4v) is 3.51. The van der Waals surface area contributed by atoms with Gasteiger partial charge < -0.3 is 15.3 Å². The van der Waals surface area contributed by atoms with E-state index in [1.165, 1.54) is 18.2 Å². The maximum Gasteiger partial charge on any atom is 0.305 e. The Hall–Kier alpha value is -3.29. The molecule has 2 atom stereocenters. The zero-order valence-electron chi connectivity index (χ0n) is 18.0. The van der Waals surface area contributed by atoms with Gasteiger partial charge >= 0.3 is 5.97 Å². The number of nitrogens with zero attached hydrogens (tertiary/aromatic N) is 2. The Morgan fingerprint density at radius 2 is 1.75 bits per heavy atom. The van der Waals surface area contributed by atoms with E-state index >= 15 is 0 Å². The number of carboxylic acids is 1. The number of aromatic nitrogens is 2. The summed E-state index contributed by atoms with van der Waals surface area (Å²) in [5.41, 5.74) is 3.11. The van der Waals surface area contributed by atoms with Crippen LogP contribution < -0.4 is 0 Å². The summed E-state index contributed by atoms with van der Waals surface area (Å²) in [6.07, 6.45) is 0.503. The van der Waals surface area contributed by atoms with Gasteiger partial charge in [-0.15, -0.1) is 0 Å². The largest absolute Gasteiger partial charge is 0.481 e. The Labute approximate surface area is 186 Å². The molecule has 0 aliphatic rings. The average Bonchev–Trinajstić information content (AvgIpc) is 3.12. The molecule has 0 unspecified atom stereocenters. The van der Waals surface area contributed by atoms with Gasteiger partial charge in [0.15, 0.2) is 0 Å². The average molecular weight is 438 g/mol. The molecule has 32 heavy (non-hydrogen) atoms. The number of aliphatic hydroxyl groups is 2. The molecule has 0 fully saturated rings. The van der Waals surface area contributed by atoms with Gasteiger partial charge in [0.05, 0.1) is 30.0 Å². The van der Waals surface area contributed by atoms with Crippen LogP contribution in [0, 0.1) is 5.82 Å². The molecule has 0 radical (unpaired) electrons. The molecule has 0 aliphatic carbocycles. The molecule has 2 aromatic carbocycles. The lowest BCUT2D eigenvalue weighted by molar-refractivity contribution is -0.139. The smallest absolute Gasteiger partial charge is 0.305 e. The van der Waals surface area contributed by atoms with E-state index in [2.05, 4.69) is 0 Å². The highest BCUT2D eigenvalue weighted by atomic mass is 19.1. The monoisotopic (exact) mass is 438 g/mol. The summed E-state index contributed by atoms with van der Waals surface area (Å²) in [6, 6.07) is 15.7. The summed E-state index contributed by atoms with van der Waals surface area (Å²) in [5, 5.41) is 28.9. The van der Waals surface area contributed by atoms with E-state index in [4.69, 9.17) is 10.1 Å². The van der Waals surface area contributed by atoms with Gasteiger partial charge in [-0.1, -0.05) is 50.3 Å². The maximum atomic E-state index is 13.6. The van der Waals surface area contributed by atoms with Crippen LogP contribution in [0.2, 0.25) is 0 Å². The number of carboxylic acid groups (broad SMARTS) is 1. The second-order valence-electron chi connectivity index (χ2n) is 7.95. The molecule has 1 aromatic heterocycles. The third-order valence-corrected chi connectivity index (χ3v) is 5.01. The fraction of sp³-hybridized carbons (Fsp3) is 0.280. The Morgan fingerprint density at radius 1 is 1.09 bits per heavy atom. The van der Waals surface area contributed by atoms with Crippen molar-refractivity contribution in [3.63, 3.8) is 0 Å². The van der Waals surface area contributed by atoms with Crippen LogP contribution in [0.4, 0.5) is 4.39 Å². The number of hydrogen-bond acceptors (Lipinski definition) is 4. The molecule has 168 valence electrons. The molecule has 0 saturated carbocycles. The van der Waals surface area contributed by atoms with Crippen molar-refractivity contribution in [2.24, 2.45) is 0 Å². The summed E-state index contributed by atoms with van der Waals surface area (Å²) in [5.74, 6) is -0.730. The third kappa shape index (κ3) is 5.69. The number of benzene rings is 2. The first kappa shape index (κ1) is 23.4. The van der Waals surface area contributed by atoms with Crippen molar-refractivity contribution in [1.29, 1.82) is 0 Å². The van der Waals surface area contributed by atoms with E-state index in [-0.39, 0.29) is 18.2 Å². The van der Waals surface area contributed by atoms with E-state index in [1.54, 1.807) is 18.2 Å². The van der Waals surface area contributed by atoms with Crippen LogP contribution in [0.1, 0.15) is 44.0 Å². The third-order valence-electron chi connectivity index (χ3n) is 5.01. The molecule has 0 bridgehead atoms. The van der Waals surface area contributed by atoms with Gasteiger partial charge in [-0.3, -0.25) is 9.36 Å². The standard InChI is InChI=1S/C25H27FN2O4/c1-16(2)24-22(13-12-20(29)14-21(30)15-23(31)32)28(19-10-8-18(26)9-11-19)25(27-24)17-6-4-3-5-7-17/h3-13,16,20-21,29-30H,14-15H2,1-2H3,(H,31,32)/b13-12+/t20-,21-/m1/s1. The highest BCUT2D eigenvalue weighted by Gasteiger charge is 2.21. The fourth-order valence-electron chi connectivity index (χ4n) is 3.51. The second kappa shape index (κ2) is 10.3. The van der Waals surface area contributed by atoms with E-state index < -0.39 is 24.6 Å². The molecule has 3 N–H and O–H groups in total. The first-order chi connectivity index (χ1) is 15.3.